The third-order valence-corrected chi connectivity index (χ3v) is 5.57. The van der Waals surface area contributed by atoms with Gasteiger partial charge in [0, 0.05) is 28.2 Å². The Hall–Kier alpha value is -0.540. The number of nitrogens with one attached hydrogen (secondary N) is 1. The zero-order valence-electron chi connectivity index (χ0n) is 12.3. The highest BCUT2D eigenvalue weighted by molar-refractivity contribution is 9.10. The fourth-order valence-electron chi connectivity index (χ4n) is 2.93. The van der Waals surface area contributed by atoms with Crippen molar-refractivity contribution in [2.24, 2.45) is 5.41 Å². The third kappa shape index (κ3) is 2.68. The molecule has 106 valence electrons. The summed E-state index contributed by atoms with van der Waals surface area (Å²) in [6, 6.07) is 6.83. The van der Waals surface area contributed by atoms with Crippen LogP contribution in [0.4, 0.5) is 5.69 Å². The topological polar surface area (TPSA) is 21.3 Å². The summed E-state index contributed by atoms with van der Waals surface area (Å²) >= 11 is 3.59. The van der Waals surface area contributed by atoms with E-state index in [1.807, 2.05) is 0 Å². The van der Waals surface area contributed by atoms with E-state index < -0.39 is 0 Å². The Bertz CT molecular complexity index is 448. The van der Waals surface area contributed by atoms with Crippen molar-refractivity contribution in [1.82, 2.24) is 0 Å². The van der Waals surface area contributed by atoms with E-state index in [4.69, 9.17) is 4.74 Å². The number of rotatable bonds is 5. The lowest BCUT2D eigenvalue weighted by molar-refractivity contribution is -0.109. The van der Waals surface area contributed by atoms with E-state index in [1.165, 1.54) is 11.3 Å². The molecule has 3 heteroatoms. The second-order valence-corrected chi connectivity index (χ2v) is 6.50. The van der Waals surface area contributed by atoms with Crippen LogP contribution in [0.25, 0.3) is 0 Å². The fraction of sp³-hybridized carbons (Fsp3) is 0.625. The summed E-state index contributed by atoms with van der Waals surface area (Å²) in [7, 11) is 0. The van der Waals surface area contributed by atoms with Gasteiger partial charge in [-0.2, -0.15) is 0 Å². The molecule has 1 saturated carbocycles. The maximum Gasteiger partial charge on any atom is 0.0667 e. The monoisotopic (exact) mass is 325 g/mol. The first-order valence-electron chi connectivity index (χ1n) is 7.16. The second kappa shape index (κ2) is 5.84. The van der Waals surface area contributed by atoms with Crippen molar-refractivity contribution in [3.8, 4) is 0 Å². The second-order valence-electron chi connectivity index (χ2n) is 5.65. The van der Waals surface area contributed by atoms with Crippen molar-refractivity contribution in [1.29, 1.82) is 0 Å². The molecule has 0 spiro atoms. The van der Waals surface area contributed by atoms with Crippen LogP contribution >= 0.6 is 15.9 Å². The number of halogens is 1. The molecule has 0 heterocycles. The summed E-state index contributed by atoms with van der Waals surface area (Å²) in [5.74, 6) is 0. The molecule has 19 heavy (non-hydrogen) atoms. The van der Waals surface area contributed by atoms with Gasteiger partial charge in [-0.05, 0) is 44.4 Å². The SMILES string of the molecule is CCOC1CC(Nc2cccc(Br)c2C)C1(C)CC. The average Bonchev–Trinajstić information content (AvgIpc) is 2.41. The molecule has 1 aromatic rings. The van der Waals surface area contributed by atoms with Gasteiger partial charge >= 0.3 is 0 Å². The van der Waals surface area contributed by atoms with Gasteiger partial charge in [0.2, 0.25) is 0 Å². The molecule has 0 aliphatic heterocycles. The van der Waals surface area contributed by atoms with E-state index >= 15 is 0 Å². The van der Waals surface area contributed by atoms with Crippen LogP contribution in [0.5, 0.6) is 0 Å². The standard InChI is InChI=1S/C16H24BrNO/c1-5-16(4)14(10-15(16)19-6-2)18-13-9-7-8-12(17)11(13)3/h7-9,14-15,18H,5-6,10H2,1-4H3. The molecule has 1 aliphatic carbocycles. The van der Waals surface area contributed by atoms with Gasteiger partial charge in [-0.15, -0.1) is 0 Å². The largest absolute Gasteiger partial charge is 0.381 e. The molecule has 0 bridgehead atoms. The van der Waals surface area contributed by atoms with Crippen LogP contribution in [0.1, 0.15) is 39.2 Å². The van der Waals surface area contributed by atoms with Gasteiger partial charge < -0.3 is 10.1 Å². The van der Waals surface area contributed by atoms with Crippen LogP contribution in [-0.2, 0) is 4.74 Å². The highest BCUT2D eigenvalue weighted by Crippen LogP contribution is 2.47. The zero-order valence-corrected chi connectivity index (χ0v) is 13.9. The van der Waals surface area contributed by atoms with E-state index in [0.29, 0.717) is 12.1 Å². The Morgan fingerprint density at radius 2 is 2.16 bits per heavy atom. The normalized spacial score (nSPS) is 29.9. The van der Waals surface area contributed by atoms with Gasteiger partial charge in [0.25, 0.3) is 0 Å². The molecule has 3 unspecified atom stereocenters. The molecule has 0 aromatic heterocycles. The van der Waals surface area contributed by atoms with Crippen molar-refractivity contribution in [2.75, 3.05) is 11.9 Å². The highest BCUT2D eigenvalue weighted by atomic mass is 79.9. The lowest BCUT2D eigenvalue weighted by Gasteiger charge is -2.54. The Kier molecular flexibility index (Phi) is 4.57. The number of benzene rings is 1. The first-order valence-corrected chi connectivity index (χ1v) is 7.95. The molecule has 1 fully saturated rings. The van der Waals surface area contributed by atoms with E-state index in [0.717, 1.165) is 23.9 Å². The quantitative estimate of drug-likeness (QED) is 0.842. The van der Waals surface area contributed by atoms with E-state index in [-0.39, 0.29) is 5.41 Å². The highest BCUT2D eigenvalue weighted by Gasteiger charge is 2.51. The summed E-state index contributed by atoms with van der Waals surface area (Å²) in [5.41, 5.74) is 2.75. The van der Waals surface area contributed by atoms with Crippen LogP contribution < -0.4 is 5.32 Å². The molecular weight excluding hydrogens is 302 g/mol. The molecule has 2 nitrogen and oxygen atoms in total. The first-order chi connectivity index (χ1) is 9.02. The molecule has 0 amide bonds. The summed E-state index contributed by atoms with van der Waals surface area (Å²) < 4.78 is 7.02. The summed E-state index contributed by atoms with van der Waals surface area (Å²) in [6.07, 6.45) is 2.64. The van der Waals surface area contributed by atoms with E-state index in [2.05, 4.69) is 67.1 Å². The zero-order chi connectivity index (χ0) is 14.0. The van der Waals surface area contributed by atoms with Crippen LogP contribution in [0.2, 0.25) is 0 Å². The van der Waals surface area contributed by atoms with Crippen molar-refractivity contribution in [3.63, 3.8) is 0 Å². The molecule has 1 N–H and O–H groups in total. The lowest BCUT2D eigenvalue weighted by atomic mass is 9.61. The van der Waals surface area contributed by atoms with Crippen LogP contribution in [0, 0.1) is 12.3 Å². The van der Waals surface area contributed by atoms with Crippen molar-refractivity contribution in [2.45, 2.75) is 52.7 Å². The Morgan fingerprint density at radius 3 is 2.79 bits per heavy atom. The maximum atomic E-state index is 5.86. The minimum Gasteiger partial charge on any atom is -0.381 e. The van der Waals surface area contributed by atoms with Gasteiger partial charge in [-0.25, -0.2) is 0 Å². The molecule has 0 radical (unpaired) electrons. The first kappa shape index (κ1) is 14.9. The van der Waals surface area contributed by atoms with E-state index in [1.54, 1.807) is 0 Å². The minimum atomic E-state index is 0.241. The third-order valence-electron chi connectivity index (χ3n) is 4.71. The van der Waals surface area contributed by atoms with Crippen molar-refractivity contribution < 1.29 is 4.74 Å². The van der Waals surface area contributed by atoms with Gasteiger partial charge in [-0.3, -0.25) is 0 Å². The molecule has 0 saturated heterocycles. The molecular formula is C16H24BrNO. The van der Waals surface area contributed by atoms with Crippen molar-refractivity contribution in [3.05, 3.63) is 28.2 Å². The van der Waals surface area contributed by atoms with E-state index in [9.17, 15) is 0 Å². The smallest absolute Gasteiger partial charge is 0.0667 e. The molecule has 2 rings (SSSR count). The summed E-state index contributed by atoms with van der Waals surface area (Å²) in [6.45, 7) is 9.63. The predicted molar refractivity (Wildman–Crippen MR) is 84.7 cm³/mol. The molecule has 3 atom stereocenters. The van der Waals surface area contributed by atoms with Crippen LogP contribution in [0.15, 0.2) is 22.7 Å². The van der Waals surface area contributed by atoms with Crippen LogP contribution in [0.3, 0.4) is 0 Å². The maximum absolute atomic E-state index is 5.86. The van der Waals surface area contributed by atoms with Crippen LogP contribution in [-0.4, -0.2) is 18.8 Å². The Morgan fingerprint density at radius 1 is 1.42 bits per heavy atom. The van der Waals surface area contributed by atoms with Gasteiger partial charge in [-0.1, -0.05) is 35.8 Å². The summed E-state index contributed by atoms with van der Waals surface area (Å²) in [4.78, 5) is 0. The Labute approximate surface area is 125 Å². The lowest BCUT2D eigenvalue weighted by Crippen LogP contribution is -2.59. The predicted octanol–water partition coefficient (Wildman–Crippen LogP) is 4.76. The van der Waals surface area contributed by atoms with Crippen molar-refractivity contribution >= 4 is 21.6 Å². The Balaban J connectivity index is 2.10. The molecule has 1 aliphatic rings. The number of hydrogen-bond donors (Lipinski definition) is 1. The number of anilines is 1. The average molecular weight is 326 g/mol. The van der Waals surface area contributed by atoms with Gasteiger partial charge in [0.05, 0.1) is 6.10 Å². The number of hydrogen-bond acceptors (Lipinski definition) is 2. The van der Waals surface area contributed by atoms with Gasteiger partial charge in [0.15, 0.2) is 0 Å². The fourth-order valence-corrected chi connectivity index (χ4v) is 3.29. The van der Waals surface area contributed by atoms with Gasteiger partial charge in [0.1, 0.15) is 0 Å². The number of ether oxygens (including phenoxy) is 1. The summed E-state index contributed by atoms with van der Waals surface area (Å²) in [5, 5.41) is 3.71. The minimum absolute atomic E-state index is 0.241. The molecule has 1 aromatic carbocycles.